The van der Waals surface area contributed by atoms with E-state index in [0.29, 0.717) is 11.8 Å². The van der Waals surface area contributed by atoms with Gasteiger partial charge in [0.05, 0.1) is 0 Å². The van der Waals surface area contributed by atoms with Crippen LogP contribution in [-0.2, 0) is 0 Å². The van der Waals surface area contributed by atoms with Crippen molar-refractivity contribution in [1.29, 1.82) is 0 Å². The van der Waals surface area contributed by atoms with E-state index in [1.165, 1.54) is 21.2 Å². The zero-order chi connectivity index (χ0) is 30.5. The second-order valence-electron chi connectivity index (χ2n) is 11.1. The molecule has 0 saturated carbocycles. The molecule has 0 bridgehead atoms. The minimum Gasteiger partial charge on any atom is -0.436 e. The number of aromatic nitrogens is 2. The highest BCUT2D eigenvalue weighted by molar-refractivity contribution is 7.17. The van der Waals surface area contributed by atoms with E-state index in [9.17, 15) is 0 Å². The Kier molecular flexibility index (Phi) is 6.25. The third-order valence-corrected chi connectivity index (χ3v) is 9.14. The predicted molar refractivity (Wildman–Crippen MR) is 188 cm³/mol. The van der Waals surface area contributed by atoms with Gasteiger partial charge in [-0.25, -0.2) is 9.97 Å². The molecule has 218 valence electrons. The third kappa shape index (κ3) is 4.72. The van der Waals surface area contributed by atoms with Gasteiger partial charge in [0.15, 0.2) is 11.2 Å². The second kappa shape index (κ2) is 10.9. The number of nitrogens with zero attached hydrogens (tertiary/aromatic N) is 3. The van der Waals surface area contributed by atoms with Crippen molar-refractivity contribution in [3.63, 3.8) is 0 Å². The van der Waals surface area contributed by atoms with Crippen LogP contribution in [0.2, 0.25) is 0 Å². The first-order chi connectivity index (χ1) is 22.7. The Labute approximate surface area is 268 Å². The Morgan fingerprint density at radius 1 is 0.457 bits per heavy atom. The molecule has 0 radical (unpaired) electrons. The summed E-state index contributed by atoms with van der Waals surface area (Å²) >= 11 is 1.77. The monoisotopic (exact) mass is 611 g/mol. The van der Waals surface area contributed by atoms with Crippen LogP contribution in [0.25, 0.3) is 66.3 Å². The van der Waals surface area contributed by atoms with Gasteiger partial charge in [0.2, 0.25) is 11.8 Å². The smallest absolute Gasteiger partial charge is 0.227 e. The minimum atomic E-state index is 0.605. The maximum Gasteiger partial charge on any atom is 0.227 e. The summed E-state index contributed by atoms with van der Waals surface area (Å²) in [5.74, 6) is 1.21. The molecule has 3 heterocycles. The Hall–Kier alpha value is -5.98. The standard InChI is InChI=1S/C40H25N3O2S/c1-3-7-36-34(5-1)41-39(44-36)27-11-18-32(19-12-27)43(31-16-9-26(10-17-31)29-15-22-38-30(25-29)23-24-46-38)33-20-13-28(14-21-33)40-42-35-6-2-4-8-37(35)45-40/h1-25H. The van der Waals surface area contributed by atoms with E-state index in [4.69, 9.17) is 8.83 Å². The van der Waals surface area contributed by atoms with Crippen LogP contribution in [0.3, 0.4) is 0 Å². The van der Waals surface area contributed by atoms with Gasteiger partial charge in [-0.05, 0) is 125 Å². The molecule has 0 aliphatic rings. The first-order valence-electron chi connectivity index (χ1n) is 15.1. The van der Waals surface area contributed by atoms with Crippen LogP contribution in [0.5, 0.6) is 0 Å². The van der Waals surface area contributed by atoms with Crippen molar-refractivity contribution in [2.45, 2.75) is 0 Å². The van der Waals surface area contributed by atoms with E-state index in [1.54, 1.807) is 11.3 Å². The van der Waals surface area contributed by atoms with Crippen LogP contribution in [0.1, 0.15) is 0 Å². The van der Waals surface area contributed by atoms with E-state index in [0.717, 1.165) is 50.4 Å². The number of benzene rings is 6. The Morgan fingerprint density at radius 3 is 1.46 bits per heavy atom. The molecule has 0 fully saturated rings. The van der Waals surface area contributed by atoms with Crippen LogP contribution in [-0.4, -0.2) is 9.97 Å². The molecule has 6 aromatic carbocycles. The van der Waals surface area contributed by atoms with Gasteiger partial charge >= 0.3 is 0 Å². The highest BCUT2D eigenvalue weighted by Crippen LogP contribution is 2.38. The van der Waals surface area contributed by atoms with Gasteiger partial charge in [-0.15, -0.1) is 11.3 Å². The molecule has 6 heteroatoms. The SMILES string of the molecule is c1ccc2oc(-c3ccc(N(c4ccc(-c5ccc6sccc6c5)cc4)c4ccc(-c5nc6ccccc6o5)cc4)cc3)nc2c1. The highest BCUT2D eigenvalue weighted by Gasteiger charge is 2.16. The molecule has 0 aliphatic carbocycles. The average Bonchev–Trinajstić information content (AvgIpc) is 3.87. The van der Waals surface area contributed by atoms with Crippen LogP contribution >= 0.6 is 11.3 Å². The molecular weight excluding hydrogens is 587 g/mol. The second-order valence-corrected chi connectivity index (χ2v) is 12.1. The average molecular weight is 612 g/mol. The van der Waals surface area contributed by atoms with Crippen LogP contribution in [0, 0.1) is 0 Å². The summed E-state index contributed by atoms with van der Waals surface area (Å²) in [5.41, 5.74) is 10.6. The Bertz CT molecular complexity index is 2230. The van der Waals surface area contributed by atoms with Crippen molar-refractivity contribution in [3.8, 4) is 34.0 Å². The molecule has 0 atom stereocenters. The maximum atomic E-state index is 6.04. The molecule has 0 N–H and O–H groups in total. The largest absolute Gasteiger partial charge is 0.436 e. The highest BCUT2D eigenvalue weighted by atomic mass is 32.1. The molecule has 0 saturated heterocycles. The number of para-hydroxylation sites is 4. The van der Waals surface area contributed by atoms with Gasteiger partial charge < -0.3 is 13.7 Å². The fraction of sp³-hybridized carbons (Fsp3) is 0. The van der Waals surface area contributed by atoms with E-state index >= 15 is 0 Å². The van der Waals surface area contributed by atoms with Crippen LogP contribution in [0.4, 0.5) is 17.1 Å². The predicted octanol–water partition coefficient (Wildman–Crippen LogP) is 11.7. The van der Waals surface area contributed by atoms with Crippen molar-refractivity contribution in [2.24, 2.45) is 0 Å². The third-order valence-electron chi connectivity index (χ3n) is 8.24. The zero-order valence-corrected chi connectivity index (χ0v) is 25.3. The van der Waals surface area contributed by atoms with Crippen LogP contribution < -0.4 is 4.90 Å². The molecule has 5 nitrogen and oxygen atoms in total. The van der Waals surface area contributed by atoms with E-state index in [-0.39, 0.29) is 0 Å². The van der Waals surface area contributed by atoms with Gasteiger partial charge in [0.25, 0.3) is 0 Å². The molecule has 0 spiro atoms. The van der Waals surface area contributed by atoms with Crippen molar-refractivity contribution >= 4 is 60.7 Å². The lowest BCUT2D eigenvalue weighted by Gasteiger charge is -2.26. The van der Waals surface area contributed by atoms with E-state index in [2.05, 4.69) is 117 Å². The number of anilines is 3. The maximum absolute atomic E-state index is 6.04. The van der Waals surface area contributed by atoms with Crippen LogP contribution in [0.15, 0.2) is 160 Å². The quantitative estimate of drug-likeness (QED) is 0.187. The molecule has 0 unspecified atom stereocenters. The molecule has 9 rings (SSSR count). The summed E-state index contributed by atoms with van der Waals surface area (Å²) in [5, 5.41) is 3.41. The summed E-state index contributed by atoms with van der Waals surface area (Å²) in [4.78, 5) is 11.6. The molecule has 0 aliphatic heterocycles. The summed E-state index contributed by atoms with van der Waals surface area (Å²) in [6.45, 7) is 0. The number of thiophene rings is 1. The molecular formula is C40H25N3O2S. The fourth-order valence-electron chi connectivity index (χ4n) is 5.89. The van der Waals surface area contributed by atoms with Gasteiger partial charge in [-0.3, -0.25) is 0 Å². The number of hydrogen-bond acceptors (Lipinski definition) is 6. The first-order valence-corrected chi connectivity index (χ1v) is 15.9. The van der Waals surface area contributed by atoms with Gasteiger partial charge in [-0.1, -0.05) is 42.5 Å². The molecule has 3 aromatic heterocycles. The van der Waals surface area contributed by atoms with E-state index < -0.39 is 0 Å². The zero-order valence-electron chi connectivity index (χ0n) is 24.5. The topological polar surface area (TPSA) is 55.3 Å². The molecule has 0 amide bonds. The number of oxazole rings is 2. The Morgan fingerprint density at radius 2 is 0.935 bits per heavy atom. The van der Waals surface area contributed by atoms with Crippen molar-refractivity contribution in [1.82, 2.24) is 9.97 Å². The van der Waals surface area contributed by atoms with E-state index in [1.807, 2.05) is 48.5 Å². The van der Waals surface area contributed by atoms with Gasteiger partial charge in [-0.2, -0.15) is 0 Å². The molecule has 46 heavy (non-hydrogen) atoms. The lowest BCUT2D eigenvalue weighted by atomic mass is 10.0. The van der Waals surface area contributed by atoms with Gasteiger partial charge in [0.1, 0.15) is 11.0 Å². The summed E-state index contributed by atoms with van der Waals surface area (Å²) in [6, 6.07) is 49.9. The number of fused-ring (bicyclic) bond motifs is 3. The first kappa shape index (κ1) is 26.4. The Balaban J connectivity index is 1.09. The van der Waals surface area contributed by atoms with Crippen molar-refractivity contribution in [2.75, 3.05) is 4.90 Å². The summed E-state index contributed by atoms with van der Waals surface area (Å²) < 4.78 is 13.4. The fourth-order valence-corrected chi connectivity index (χ4v) is 6.66. The minimum absolute atomic E-state index is 0.605. The normalized spacial score (nSPS) is 11.5. The lowest BCUT2D eigenvalue weighted by molar-refractivity contribution is 0.619. The summed E-state index contributed by atoms with van der Waals surface area (Å²) in [6.07, 6.45) is 0. The lowest BCUT2D eigenvalue weighted by Crippen LogP contribution is -2.09. The van der Waals surface area contributed by atoms with Crippen molar-refractivity contribution < 1.29 is 8.83 Å². The molecule has 9 aromatic rings. The number of hydrogen-bond donors (Lipinski definition) is 0. The number of rotatable bonds is 6. The van der Waals surface area contributed by atoms with Gasteiger partial charge in [0, 0.05) is 32.9 Å². The summed E-state index contributed by atoms with van der Waals surface area (Å²) in [7, 11) is 0. The van der Waals surface area contributed by atoms with Crippen molar-refractivity contribution in [3.05, 3.63) is 151 Å².